The number of aryl methyl sites for hydroxylation is 1. The summed E-state index contributed by atoms with van der Waals surface area (Å²) in [5, 5.41) is 24.6. The third kappa shape index (κ3) is 9.12. The second-order valence-corrected chi connectivity index (χ2v) is 10.5. The number of hydrogen-bond donors (Lipinski definition) is 4. The quantitative estimate of drug-likeness (QED) is 0.107. The Bertz CT molecular complexity index is 1740. The molecule has 0 fully saturated rings. The highest BCUT2D eigenvalue weighted by molar-refractivity contribution is 5.96. The zero-order valence-electron chi connectivity index (χ0n) is 26.1. The van der Waals surface area contributed by atoms with E-state index in [1.54, 1.807) is 6.92 Å². The second kappa shape index (κ2) is 17.5. The third-order valence-electron chi connectivity index (χ3n) is 7.37. The molecule has 0 saturated heterocycles. The summed E-state index contributed by atoms with van der Waals surface area (Å²) in [7, 11) is 0. The minimum atomic E-state index is 0.144. The number of aliphatic hydroxyl groups is 2. The number of aromatic nitrogens is 3. The largest absolute Gasteiger partial charge is 0.397 e. The van der Waals surface area contributed by atoms with Crippen molar-refractivity contribution in [2.24, 2.45) is 0 Å². The van der Waals surface area contributed by atoms with E-state index >= 15 is 0 Å². The highest BCUT2D eigenvalue weighted by atomic mass is 16.3. The molecule has 4 N–H and O–H groups in total. The van der Waals surface area contributed by atoms with Crippen molar-refractivity contribution >= 4 is 33.9 Å². The van der Waals surface area contributed by atoms with Gasteiger partial charge in [0.05, 0.1) is 23.3 Å². The van der Waals surface area contributed by atoms with Crippen molar-refractivity contribution < 1.29 is 15.0 Å². The summed E-state index contributed by atoms with van der Waals surface area (Å²) < 4.78 is 4.44. The van der Waals surface area contributed by atoms with E-state index < -0.39 is 0 Å². The number of nitrogens with one attached hydrogen (secondary N) is 2. The lowest BCUT2D eigenvalue weighted by Gasteiger charge is -2.08. The van der Waals surface area contributed by atoms with Gasteiger partial charge >= 0.3 is 0 Å². The van der Waals surface area contributed by atoms with E-state index in [2.05, 4.69) is 105 Å². The van der Waals surface area contributed by atoms with Gasteiger partial charge in [-0.1, -0.05) is 67.6 Å². The molecule has 0 aliphatic heterocycles. The van der Waals surface area contributed by atoms with E-state index in [1.807, 2.05) is 36.5 Å². The Balaban J connectivity index is 0.000000189. The van der Waals surface area contributed by atoms with Gasteiger partial charge in [0.2, 0.25) is 6.41 Å². The molecule has 3 aromatic carbocycles. The number of amides is 1. The van der Waals surface area contributed by atoms with Crippen LogP contribution in [0.2, 0.25) is 0 Å². The molecule has 0 saturated carbocycles. The number of anilines is 1. The molecule has 3 aromatic heterocycles. The van der Waals surface area contributed by atoms with Gasteiger partial charge in [0.1, 0.15) is 0 Å². The van der Waals surface area contributed by atoms with Gasteiger partial charge in [-0.25, -0.2) is 0 Å². The van der Waals surface area contributed by atoms with E-state index in [0.717, 1.165) is 48.2 Å². The smallest absolute Gasteiger partial charge is 0.211 e. The minimum absolute atomic E-state index is 0.144. The highest BCUT2D eigenvalue weighted by Gasteiger charge is 2.08. The molecule has 0 radical (unpaired) electrons. The molecular formula is C37H43N5O3. The number of carbonyl (C=O) groups is 1. The van der Waals surface area contributed by atoms with E-state index in [4.69, 9.17) is 10.2 Å². The molecule has 0 aliphatic carbocycles. The van der Waals surface area contributed by atoms with E-state index in [9.17, 15) is 4.79 Å². The Labute approximate surface area is 265 Å². The summed E-state index contributed by atoms with van der Waals surface area (Å²) >= 11 is 0. The number of aliphatic hydroxyl groups excluding tert-OH is 2. The first-order chi connectivity index (χ1) is 22.1. The van der Waals surface area contributed by atoms with Gasteiger partial charge in [-0.05, 0) is 60.4 Å². The fourth-order valence-corrected chi connectivity index (χ4v) is 5.15. The lowest BCUT2D eigenvalue weighted by atomic mass is 10.1. The fourth-order valence-electron chi connectivity index (χ4n) is 5.15. The van der Waals surface area contributed by atoms with Crippen LogP contribution in [0.25, 0.3) is 21.8 Å². The number of fused-ring (bicyclic) bond motifs is 2. The predicted octanol–water partition coefficient (Wildman–Crippen LogP) is 5.99. The number of hydrogen-bond acceptors (Lipinski definition) is 5. The second-order valence-electron chi connectivity index (χ2n) is 10.5. The molecule has 0 spiro atoms. The Morgan fingerprint density at radius 3 is 2.00 bits per heavy atom. The van der Waals surface area contributed by atoms with Crippen molar-refractivity contribution in [3.8, 4) is 0 Å². The first kappa shape index (κ1) is 33.1. The topological polar surface area (TPSA) is 104 Å². The van der Waals surface area contributed by atoms with Crippen molar-refractivity contribution in [1.82, 2.24) is 19.4 Å². The standard InChI is InChI=1S/C18H18N2O.C17H19N3O.C2H6O/c1-2-14-6-8-15(9-7-14)12-20-11-10-16-17(19-13-21)4-3-5-18(16)20;21-11-9-18-12-16-15-7-10-20(17(15)6-8-19-16)13-14-4-2-1-3-5-14;1-2-3/h3-11,13H,2,12H2,1H3,(H,19,21);1-8,10,18,21H,9,11-13H2;3H,2H2,1H3. The van der Waals surface area contributed by atoms with Crippen LogP contribution in [0.3, 0.4) is 0 Å². The molecule has 6 aromatic rings. The molecule has 0 atom stereocenters. The maximum absolute atomic E-state index is 10.7. The van der Waals surface area contributed by atoms with Crippen LogP contribution in [0.4, 0.5) is 5.69 Å². The summed E-state index contributed by atoms with van der Waals surface area (Å²) in [6.07, 6.45) is 7.80. The molecule has 0 aliphatic rings. The summed E-state index contributed by atoms with van der Waals surface area (Å²) in [5.41, 5.74) is 8.10. The van der Waals surface area contributed by atoms with Gasteiger partial charge in [0, 0.05) is 67.8 Å². The molecular weight excluding hydrogens is 562 g/mol. The zero-order valence-corrected chi connectivity index (χ0v) is 26.1. The van der Waals surface area contributed by atoms with Crippen LogP contribution in [0, 0.1) is 0 Å². The number of pyridine rings is 1. The molecule has 234 valence electrons. The minimum Gasteiger partial charge on any atom is -0.397 e. The molecule has 0 bridgehead atoms. The van der Waals surface area contributed by atoms with E-state index in [-0.39, 0.29) is 13.2 Å². The van der Waals surface area contributed by atoms with Crippen LogP contribution in [0.1, 0.15) is 36.2 Å². The van der Waals surface area contributed by atoms with E-state index in [0.29, 0.717) is 13.1 Å². The van der Waals surface area contributed by atoms with Gasteiger partial charge in [0.15, 0.2) is 0 Å². The first-order valence-electron chi connectivity index (χ1n) is 15.4. The highest BCUT2D eigenvalue weighted by Crippen LogP contribution is 2.25. The number of rotatable bonds is 11. The Morgan fingerprint density at radius 1 is 0.733 bits per heavy atom. The van der Waals surface area contributed by atoms with Gasteiger partial charge in [-0.15, -0.1) is 0 Å². The van der Waals surface area contributed by atoms with Crippen molar-refractivity contribution in [3.63, 3.8) is 0 Å². The van der Waals surface area contributed by atoms with Gasteiger partial charge in [-0.2, -0.15) is 0 Å². The molecule has 8 heteroatoms. The van der Waals surface area contributed by atoms with Crippen LogP contribution in [-0.4, -0.2) is 50.5 Å². The Hall–Kier alpha value is -4.76. The normalized spacial score (nSPS) is 10.6. The van der Waals surface area contributed by atoms with Gasteiger partial charge < -0.3 is 30.0 Å². The molecule has 0 unspecified atom stereocenters. The van der Waals surface area contributed by atoms with Crippen molar-refractivity contribution in [3.05, 3.63) is 132 Å². The van der Waals surface area contributed by atoms with Crippen LogP contribution in [0.15, 0.2) is 110 Å². The van der Waals surface area contributed by atoms with Gasteiger partial charge in [0.25, 0.3) is 0 Å². The summed E-state index contributed by atoms with van der Waals surface area (Å²) in [4.78, 5) is 15.1. The Kier molecular flexibility index (Phi) is 12.9. The van der Waals surface area contributed by atoms with Crippen LogP contribution < -0.4 is 10.6 Å². The first-order valence-corrected chi connectivity index (χ1v) is 15.4. The van der Waals surface area contributed by atoms with Crippen LogP contribution in [-0.2, 0) is 30.8 Å². The number of nitrogens with zero attached hydrogens (tertiary/aromatic N) is 3. The molecule has 3 heterocycles. The van der Waals surface area contributed by atoms with Crippen LogP contribution in [0.5, 0.6) is 0 Å². The van der Waals surface area contributed by atoms with E-state index in [1.165, 1.54) is 27.6 Å². The zero-order chi connectivity index (χ0) is 31.9. The molecule has 8 nitrogen and oxygen atoms in total. The van der Waals surface area contributed by atoms with Crippen molar-refractivity contribution in [2.45, 2.75) is 39.9 Å². The van der Waals surface area contributed by atoms with Crippen LogP contribution >= 0.6 is 0 Å². The van der Waals surface area contributed by atoms with Gasteiger partial charge in [-0.3, -0.25) is 9.78 Å². The van der Waals surface area contributed by atoms with Crippen molar-refractivity contribution in [1.29, 1.82) is 0 Å². The monoisotopic (exact) mass is 605 g/mol. The Morgan fingerprint density at radius 2 is 1.36 bits per heavy atom. The summed E-state index contributed by atoms with van der Waals surface area (Å²) in [6, 6.07) is 31.3. The predicted molar refractivity (Wildman–Crippen MR) is 183 cm³/mol. The van der Waals surface area contributed by atoms with Crippen molar-refractivity contribution in [2.75, 3.05) is 25.1 Å². The molecule has 1 amide bonds. The number of benzene rings is 3. The maximum Gasteiger partial charge on any atom is 0.211 e. The maximum atomic E-state index is 10.7. The summed E-state index contributed by atoms with van der Waals surface area (Å²) in [6.45, 7) is 7.19. The summed E-state index contributed by atoms with van der Waals surface area (Å²) in [5.74, 6) is 0. The molecule has 6 rings (SSSR count). The fraction of sp³-hybridized carbons (Fsp3) is 0.243. The lowest BCUT2D eigenvalue weighted by molar-refractivity contribution is -0.105. The SMILES string of the molecule is CCO.CCc1ccc(Cn2ccc3c(NC=O)cccc32)cc1.OCCNCc1nccc2c1ccn2Cc1ccccc1. The average molecular weight is 606 g/mol. The third-order valence-corrected chi connectivity index (χ3v) is 7.37. The average Bonchev–Trinajstić information content (AvgIpc) is 3.68. The number of carbonyl (C=O) groups excluding carboxylic acids is 1. The lowest BCUT2D eigenvalue weighted by Crippen LogP contribution is -2.18. The molecule has 45 heavy (non-hydrogen) atoms.